The van der Waals surface area contributed by atoms with Gasteiger partial charge >= 0.3 is 0 Å². The number of fused-ring (bicyclic) bond motifs is 1. The first kappa shape index (κ1) is 22.4. The smallest absolute Gasteiger partial charge is 0.266 e. The van der Waals surface area contributed by atoms with Crippen molar-refractivity contribution in [1.82, 2.24) is 29.5 Å². The fraction of sp³-hybridized carbons (Fsp3) is 0.125. The van der Waals surface area contributed by atoms with E-state index in [1.54, 1.807) is 56.3 Å². The summed E-state index contributed by atoms with van der Waals surface area (Å²) < 4.78 is 8.60. The van der Waals surface area contributed by atoms with Crippen molar-refractivity contribution in [3.8, 4) is 17.4 Å². The van der Waals surface area contributed by atoms with Crippen molar-refractivity contribution in [2.45, 2.75) is 20.0 Å². The van der Waals surface area contributed by atoms with Gasteiger partial charge in [0, 0.05) is 11.1 Å². The topological polar surface area (TPSA) is 120 Å². The quantitative estimate of drug-likeness (QED) is 0.375. The average molecular weight is 490 g/mol. The largest absolute Gasteiger partial charge is 0.481 e. The van der Waals surface area contributed by atoms with Crippen LogP contribution in [0.2, 0.25) is 5.02 Å². The minimum absolute atomic E-state index is 0.123. The predicted octanol–water partition coefficient (Wildman–Crippen LogP) is 3.66. The molecule has 0 aliphatic carbocycles. The van der Waals surface area contributed by atoms with E-state index in [1.807, 2.05) is 18.2 Å². The van der Waals surface area contributed by atoms with Crippen molar-refractivity contribution in [2.75, 3.05) is 5.32 Å². The molecular weight excluding hydrogens is 470 g/mol. The van der Waals surface area contributed by atoms with Crippen LogP contribution in [0.15, 0.2) is 71.7 Å². The Morgan fingerprint density at radius 2 is 1.86 bits per heavy atom. The Hall–Kier alpha value is -4.44. The second-order valence-electron chi connectivity index (χ2n) is 7.80. The third-order valence-electron chi connectivity index (χ3n) is 5.21. The van der Waals surface area contributed by atoms with Crippen LogP contribution in [0.1, 0.15) is 12.6 Å². The second-order valence-corrected chi connectivity index (χ2v) is 8.24. The molecular formula is C24H20ClN7O3. The number of rotatable bonds is 6. The van der Waals surface area contributed by atoms with Crippen LogP contribution in [0.3, 0.4) is 0 Å². The molecule has 0 radical (unpaired) electrons. The third kappa shape index (κ3) is 4.51. The molecule has 0 spiro atoms. The summed E-state index contributed by atoms with van der Waals surface area (Å²) in [4.78, 5) is 32.9. The summed E-state index contributed by atoms with van der Waals surface area (Å²) in [5.41, 5.74) is 1.24. The number of amides is 1. The Bertz CT molecular complexity index is 1570. The molecule has 5 aromatic rings. The number of anilines is 1. The number of ether oxygens (including phenoxy) is 1. The lowest BCUT2D eigenvalue weighted by Gasteiger charge is -2.15. The highest BCUT2D eigenvalue weighted by Gasteiger charge is 2.20. The van der Waals surface area contributed by atoms with Crippen molar-refractivity contribution >= 4 is 34.4 Å². The summed E-state index contributed by atoms with van der Waals surface area (Å²) in [5, 5.41) is 12.4. The SMILES string of the molecule is Cc1cc(NC(=O)[C@@H](C)Oc2ccccc2)n(-c2nc3c(cnn3-c3ccc(Cl)cc3)c(=O)[nH]2)n1. The number of nitrogens with one attached hydrogen (secondary N) is 2. The van der Waals surface area contributed by atoms with E-state index in [2.05, 4.69) is 25.5 Å². The molecule has 3 heterocycles. The fourth-order valence-corrected chi connectivity index (χ4v) is 3.64. The van der Waals surface area contributed by atoms with Gasteiger partial charge in [0.2, 0.25) is 5.95 Å². The van der Waals surface area contributed by atoms with E-state index >= 15 is 0 Å². The van der Waals surface area contributed by atoms with Gasteiger partial charge in [0.15, 0.2) is 11.8 Å². The monoisotopic (exact) mass is 489 g/mol. The van der Waals surface area contributed by atoms with Gasteiger partial charge in [-0.2, -0.15) is 19.9 Å². The molecule has 176 valence electrons. The van der Waals surface area contributed by atoms with Crippen LogP contribution in [-0.2, 0) is 4.79 Å². The maximum Gasteiger partial charge on any atom is 0.266 e. The number of carbonyl (C=O) groups is 1. The van der Waals surface area contributed by atoms with Gasteiger partial charge in [0.05, 0.1) is 17.6 Å². The lowest BCUT2D eigenvalue weighted by molar-refractivity contribution is -0.122. The normalized spacial score (nSPS) is 12.0. The molecule has 0 fully saturated rings. The lowest BCUT2D eigenvalue weighted by Crippen LogP contribution is -2.31. The maximum atomic E-state index is 12.8. The van der Waals surface area contributed by atoms with Crippen molar-refractivity contribution in [3.63, 3.8) is 0 Å². The van der Waals surface area contributed by atoms with E-state index in [-0.39, 0.29) is 11.9 Å². The van der Waals surface area contributed by atoms with Crippen molar-refractivity contribution in [1.29, 1.82) is 0 Å². The number of carbonyl (C=O) groups excluding carboxylic acids is 1. The molecule has 0 bridgehead atoms. The highest BCUT2D eigenvalue weighted by molar-refractivity contribution is 6.30. The Labute approximate surface area is 204 Å². The molecule has 0 aliphatic heterocycles. The molecule has 3 aromatic heterocycles. The number of nitrogens with zero attached hydrogens (tertiary/aromatic N) is 5. The molecule has 1 amide bonds. The first-order chi connectivity index (χ1) is 16.9. The number of benzene rings is 2. The minimum atomic E-state index is -0.776. The summed E-state index contributed by atoms with van der Waals surface area (Å²) in [5.74, 6) is 0.644. The minimum Gasteiger partial charge on any atom is -0.481 e. The Morgan fingerprint density at radius 3 is 2.60 bits per heavy atom. The summed E-state index contributed by atoms with van der Waals surface area (Å²) in [7, 11) is 0. The van der Waals surface area contributed by atoms with Gasteiger partial charge in [-0.1, -0.05) is 29.8 Å². The van der Waals surface area contributed by atoms with Crippen molar-refractivity contribution in [3.05, 3.63) is 87.9 Å². The van der Waals surface area contributed by atoms with Gasteiger partial charge in [-0.05, 0) is 50.2 Å². The number of aryl methyl sites for hydroxylation is 1. The lowest BCUT2D eigenvalue weighted by atomic mass is 10.3. The van der Waals surface area contributed by atoms with Gasteiger partial charge in [0.1, 0.15) is 17.0 Å². The molecule has 10 nitrogen and oxygen atoms in total. The van der Waals surface area contributed by atoms with E-state index in [1.165, 1.54) is 15.6 Å². The van der Waals surface area contributed by atoms with Crippen LogP contribution in [-0.4, -0.2) is 41.5 Å². The number of aromatic amines is 1. The number of para-hydroxylation sites is 1. The number of hydrogen-bond donors (Lipinski definition) is 2. The highest BCUT2D eigenvalue weighted by Crippen LogP contribution is 2.20. The molecule has 0 saturated heterocycles. The summed E-state index contributed by atoms with van der Waals surface area (Å²) in [6, 6.07) is 17.7. The maximum absolute atomic E-state index is 12.8. The van der Waals surface area contributed by atoms with Crippen LogP contribution in [0, 0.1) is 6.92 Å². The number of halogens is 1. The Morgan fingerprint density at radius 1 is 1.11 bits per heavy atom. The molecule has 5 rings (SSSR count). The van der Waals surface area contributed by atoms with Gasteiger partial charge in [-0.15, -0.1) is 0 Å². The zero-order valence-corrected chi connectivity index (χ0v) is 19.5. The van der Waals surface area contributed by atoms with E-state index < -0.39 is 11.7 Å². The van der Waals surface area contributed by atoms with Gasteiger partial charge < -0.3 is 10.1 Å². The van der Waals surface area contributed by atoms with Crippen LogP contribution < -0.4 is 15.6 Å². The molecule has 2 N–H and O–H groups in total. The van der Waals surface area contributed by atoms with Crippen LogP contribution in [0.5, 0.6) is 5.75 Å². The summed E-state index contributed by atoms with van der Waals surface area (Å²) in [6.07, 6.45) is 0.668. The average Bonchev–Trinajstić information content (AvgIpc) is 3.44. The standard InChI is InChI=1S/C24H20ClN7O3/c1-14-12-20(27-22(33)15(2)35-18-6-4-3-5-7-18)32(30-14)24-28-21-19(23(34)29-24)13-26-31(21)17-10-8-16(25)9-11-17/h3-13,15H,1-2H3,(H,27,33)(H,28,29,34)/t15-/m1/s1. The van der Waals surface area contributed by atoms with E-state index in [0.717, 1.165) is 0 Å². The van der Waals surface area contributed by atoms with Gasteiger partial charge in [-0.25, -0.2) is 4.68 Å². The third-order valence-corrected chi connectivity index (χ3v) is 5.46. The van der Waals surface area contributed by atoms with E-state index in [4.69, 9.17) is 16.3 Å². The molecule has 2 aromatic carbocycles. The number of H-pyrrole nitrogens is 1. The first-order valence-corrected chi connectivity index (χ1v) is 11.1. The van der Waals surface area contributed by atoms with Crippen LogP contribution >= 0.6 is 11.6 Å². The van der Waals surface area contributed by atoms with Crippen LogP contribution in [0.25, 0.3) is 22.7 Å². The van der Waals surface area contributed by atoms with E-state index in [9.17, 15) is 9.59 Å². The first-order valence-electron chi connectivity index (χ1n) is 10.7. The number of hydrogen-bond acceptors (Lipinski definition) is 6. The fourth-order valence-electron chi connectivity index (χ4n) is 3.51. The predicted molar refractivity (Wildman–Crippen MR) is 132 cm³/mol. The summed E-state index contributed by atoms with van der Waals surface area (Å²) in [6.45, 7) is 3.41. The second kappa shape index (κ2) is 9.07. The summed E-state index contributed by atoms with van der Waals surface area (Å²) >= 11 is 6.00. The highest BCUT2D eigenvalue weighted by atomic mass is 35.5. The zero-order chi connectivity index (χ0) is 24.5. The van der Waals surface area contributed by atoms with Crippen LogP contribution in [0.4, 0.5) is 5.82 Å². The van der Waals surface area contributed by atoms with E-state index in [0.29, 0.717) is 39.0 Å². The molecule has 11 heteroatoms. The Balaban J connectivity index is 1.49. The molecule has 0 saturated carbocycles. The zero-order valence-electron chi connectivity index (χ0n) is 18.8. The number of aromatic nitrogens is 6. The van der Waals surface area contributed by atoms with Gasteiger partial charge in [-0.3, -0.25) is 14.6 Å². The molecule has 0 unspecified atom stereocenters. The molecule has 0 aliphatic rings. The molecule has 35 heavy (non-hydrogen) atoms. The van der Waals surface area contributed by atoms with Crippen molar-refractivity contribution < 1.29 is 9.53 Å². The Kier molecular flexibility index (Phi) is 5.79. The van der Waals surface area contributed by atoms with Crippen molar-refractivity contribution in [2.24, 2.45) is 0 Å². The molecule has 1 atom stereocenters. The van der Waals surface area contributed by atoms with Gasteiger partial charge in [0.25, 0.3) is 11.5 Å².